The lowest BCUT2D eigenvalue weighted by molar-refractivity contribution is 0.601. The van der Waals surface area contributed by atoms with Gasteiger partial charge >= 0.3 is 0 Å². The number of anilines is 1. The largest absolute Gasteiger partial charge is 0.326 e. The summed E-state index contributed by atoms with van der Waals surface area (Å²) in [5, 5.41) is 0.153. The van der Waals surface area contributed by atoms with Crippen LogP contribution in [-0.4, -0.2) is 13.4 Å². The molecule has 0 atom stereocenters. The summed E-state index contributed by atoms with van der Waals surface area (Å²) in [5.74, 6) is 0. The lowest BCUT2D eigenvalue weighted by Crippen LogP contribution is -2.14. The Morgan fingerprint density at radius 2 is 2.05 bits per heavy atom. The molecule has 1 aromatic carbocycles. The highest BCUT2D eigenvalue weighted by Gasteiger charge is 2.18. The summed E-state index contributed by atoms with van der Waals surface area (Å²) in [6.07, 6.45) is 1.53. The van der Waals surface area contributed by atoms with E-state index in [-0.39, 0.29) is 16.5 Å². The maximum Gasteiger partial charge on any atom is 0.263 e. The molecule has 7 heteroatoms. The Morgan fingerprint density at radius 1 is 1.30 bits per heavy atom. The highest BCUT2D eigenvalue weighted by molar-refractivity contribution is 7.92. The fourth-order valence-electron chi connectivity index (χ4n) is 1.70. The molecule has 0 unspecified atom stereocenters. The molecule has 0 amide bonds. The SMILES string of the molecule is Cc1cc(NS(=O)(=O)c2cc(CN)ccc2Cl)ccn1. The van der Waals surface area contributed by atoms with Crippen LogP contribution in [0.5, 0.6) is 0 Å². The predicted molar refractivity (Wildman–Crippen MR) is 79.1 cm³/mol. The van der Waals surface area contributed by atoms with E-state index in [1.807, 2.05) is 0 Å². The van der Waals surface area contributed by atoms with E-state index in [1.54, 1.807) is 25.1 Å². The van der Waals surface area contributed by atoms with Crippen LogP contribution in [0.15, 0.2) is 41.4 Å². The third-order valence-electron chi connectivity index (χ3n) is 2.67. The van der Waals surface area contributed by atoms with Gasteiger partial charge in [0.25, 0.3) is 10.0 Å². The van der Waals surface area contributed by atoms with Crippen LogP contribution in [0.25, 0.3) is 0 Å². The molecule has 0 aliphatic heterocycles. The van der Waals surface area contributed by atoms with Gasteiger partial charge in [-0.2, -0.15) is 0 Å². The molecule has 0 aliphatic rings. The smallest absolute Gasteiger partial charge is 0.263 e. The van der Waals surface area contributed by atoms with Crippen LogP contribution in [0.3, 0.4) is 0 Å². The van der Waals surface area contributed by atoms with Crippen LogP contribution < -0.4 is 10.5 Å². The average molecular weight is 312 g/mol. The zero-order valence-corrected chi connectivity index (χ0v) is 12.4. The van der Waals surface area contributed by atoms with Crippen molar-refractivity contribution in [3.05, 3.63) is 52.8 Å². The summed E-state index contributed by atoms with van der Waals surface area (Å²) in [5.41, 5.74) is 7.36. The minimum Gasteiger partial charge on any atom is -0.326 e. The van der Waals surface area contributed by atoms with Gasteiger partial charge in [-0.1, -0.05) is 17.7 Å². The Morgan fingerprint density at radius 3 is 2.70 bits per heavy atom. The molecule has 0 fully saturated rings. The number of hydrogen-bond acceptors (Lipinski definition) is 4. The molecule has 2 aromatic rings. The van der Waals surface area contributed by atoms with E-state index in [1.165, 1.54) is 18.3 Å². The Kier molecular flexibility index (Phi) is 4.27. The van der Waals surface area contributed by atoms with Crippen LogP contribution in [0.4, 0.5) is 5.69 Å². The number of nitrogens with two attached hydrogens (primary N) is 1. The van der Waals surface area contributed by atoms with Gasteiger partial charge < -0.3 is 5.73 Å². The molecule has 0 spiro atoms. The summed E-state index contributed by atoms with van der Waals surface area (Å²) < 4.78 is 27.2. The fourth-order valence-corrected chi connectivity index (χ4v) is 3.30. The van der Waals surface area contributed by atoms with Crippen molar-refractivity contribution in [1.82, 2.24) is 4.98 Å². The summed E-state index contributed by atoms with van der Waals surface area (Å²) >= 11 is 5.96. The van der Waals surface area contributed by atoms with E-state index in [9.17, 15) is 8.42 Å². The van der Waals surface area contributed by atoms with E-state index in [0.29, 0.717) is 16.9 Å². The monoisotopic (exact) mass is 311 g/mol. The molecule has 0 aliphatic carbocycles. The first kappa shape index (κ1) is 14.8. The molecule has 1 heterocycles. The van der Waals surface area contributed by atoms with E-state index in [2.05, 4.69) is 9.71 Å². The number of hydrogen-bond donors (Lipinski definition) is 2. The predicted octanol–water partition coefficient (Wildman–Crippen LogP) is 2.30. The van der Waals surface area contributed by atoms with Crippen LogP contribution in [-0.2, 0) is 16.6 Å². The summed E-state index contributed by atoms with van der Waals surface area (Å²) in [7, 11) is -3.76. The first-order chi connectivity index (χ1) is 9.42. The number of aryl methyl sites for hydroxylation is 1. The van der Waals surface area contributed by atoms with Crippen molar-refractivity contribution in [2.75, 3.05) is 4.72 Å². The minimum atomic E-state index is -3.76. The summed E-state index contributed by atoms with van der Waals surface area (Å²) in [4.78, 5) is 4.02. The number of benzene rings is 1. The number of rotatable bonds is 4. The Hall–Kier alpha value is -1.63. The first-order valence-corrected chi connectivity index (χ1v) is 7.72. The molecule has 2 rings (SSSR count). The van der Waals surface area contributed by atoms with Gasteiger partial charge in [-0.05, 0) is 36.8 Å². The Bertz CT molecular complexity index is 732. The van der Waals surface area contributed by atoms with Crippen molar-refractivity contribution in [1.29, 1.82) is 0 Å². The normalized spacial score (nSPS) is 11.3. The van der Waals surface area contributed by atoms with Crippen molar-refractivity contribution < 1.29 is 8.42 Å². The minimum absolute atomic E-state index is 0.0107. The van der Waals surface area contributed by atoms with Crippen molar-refractivity contribution >= 4 is 27.3 Å². The van der Waals surface area contributed by atoms with E-state index in [4.69, 9.17) is 17.3 Å². The number of nitrogens with one attached hydrogen (secondary N) is 1. The molecule has 5 nitrogen and oxygen atoms in total. The molecular formula is C13H14ClN3O2S. The van der Waals surface area contributed by atoms with Gasteiger partial charge in [0.2, 0.25) is 0 Å². The van der Waals surface area contributed by atoms with Crippen molar-refractivity contribution in [2.45, 2.75) is 18.4 Å². The van der Waals surface area contributed by atoms with Gasteiger partial charge in [0, 0.05) is 18.4 Å². The lowest BCUT2D eigenvalue weighted by Gasteiger charge is -2.11. The van der Waals surface area contributed by atoms with Crippen molar-refractivity contribution in [3.8, 4) is 0 Å². The molecule has 20 heavy (non-hydrogen) atoms. The number of sulfonamides is 1. The molecule has 0 saturated carbocycles. The zero-order chi connectivity index (χ0) is 14.8. The van der Waals surface area contributed by atoms with Gasteiger partial charge in [-0.15, -0.1) is 0 Å². The zero-order valence-electron chi connectivity index (χ0n) is 10.8. The van der Waals surface area contributed by atoms with Gasteiger partial charge in [-0.25, -0.2) is 8.42 Å². The standard InChI is InChI=1S/C13H14ClN3O2S/c1-9-6-11(4-5-16-9)17-20(18,19)13-7-10(8-15)2-3-12(13)14/h2-7H,8,15H2,1H3,(H,16,17). The lowest BCUT2D eigenvalue weighted by atomic mass is 10.2. The van der Waals surface area contributed by atoms with E-state index in [0.717, 1.165) is 0 Å². The highest BCUT2D eigenvalue weighted by Crippen LogP contribution is 2.25. The molecular weight excluding hydrogens is 298 g/mol. The number of pyridine rings is 1. The van der Waals surface area contributed by atoms with Gasteiger partial charge in [0.1, 0.15) is 4.90 Å². The maximum atomic E-state index is 12.3. The second kappa shape index (κ2) is 5.78. The first-order valence-electron chi connectivity index (χ1n) is 5.86. The van der Waals surface area contributed by atoms with E-state index >= 15 is 0 Å². The van der Waals surface area contributed by atoms with Crippen molar-refractivity contribution in [3.63, 3.8) is 0 Å². The van der Waals surface area contributed by atoms with Gasteiger partial charge in [-0.3, -0.25) is 9.71 Å². The number of halogens is 1. The molecule has 106 valence electrons. The third-order valence-corrected chi connectivity index (χ3v) is 4.53. The second-order valence-electron chi connectivity index (χ2n) is 4.26. The van der Waals surface area contributed by atoms with Crippen LogP contribution >= 0.6 is 11.6 Å². The van der Waals surface area contributed by atoms with Crippen LogP contribution in [0.2, 0.25) is 5.02 Å². The second-order valence-corrected chi connectivity index (χ2v) is 6.32. The number of aromatic nitrogens is 1. The third kappa shape index (κ3) is 3.27. The maximum absolute atomic E-state index is 12.3. The van der Waals surface area contributed by atoms with Crippen LogP contribution in [0.1, 0.15) is 11.3 Å². The summed E-state index contributed by atoms with van der Waals surface area (Å²) in [6.45, 7) is 2.02. The quantitative estimate of drug-likeness (QED) is 0.907. The van der Waals surface area contributed by atoms with Gasteiger partial charge in [0.15, 0.2) is 0 Å². The summed E-state index contributed by atoms with van der Waals surface area (Å²) in [6, 6.07) is 7.90. The topological polar surface area (TPSA) is 85.1 Å². The molecule has 3 N–H and O–H groups in total. The highest BCUT2D eigenvalue weighted by atomic mass is 35.5. The van der Waals surface area contributed by atoms with Gasteiger partial charge in [0.05, 0.1) is 10.7 Å². The number of nitrogens with zero attached hydrogens (tertiary/aromatic N) is 1. The average Bonchev–Trinajstić information content (AvgIpc) is 2.38. The molecule has 0 bridgehead atoms. The van der Waals surface area contributed by atoms with Crippen LogP contribution in [0, 0.1) is 6.92 Å². The van der Waals surface area contributed by atoms with Crippen molar-refractivity contribution in [2.24, 2.45) is 5.73 Å². The molecule has 0 radical (unpaired) electrons. The van der Waals surface area contributed by atoms with E-state index < -0.39 is 10.0 Å². The fraction of sp³-hybridized carbons (Fsp3) is 0.154. The molecule has 1 aromatic heterocycles. The Labute approximate surface area is 122 Å². The Balaban J connectivity index is 2.40. The molecule has 0 saturated heterocycles.